The van der Waals surface area contributed by atoms with Crippen LogP contribution in [-0.4, -0.2) is 34.5 Å². The Kier molecular flexibility index (Phi) is 6.49. The van der Waals surface area contributed by atoms with Crippen LogP contribution in [0.1, 0.15) is 17.0 Å². The molecule has 0 aliphatic heterocycles. The van der Waals surface area contributed by atoms with E-state index in [-0.39, 0.29) is 11.7 Å². The summed E-state index contributed by atoms with van der Waals surface area (Å²) in [5.41, 5.74) is 5.59. The number of hydrogen-bond acceptors (Lipinski definition) is 5. The van der Waals surface area contributed by atoms with Crippen LogP contribution in [0.15, 0.2) is 64.7 Å². The maximum atomic E-state index is 12.0. The average Bonchev–Trinajstić information content (AvgIpc) is 3.00. The maximum Gasteiger partial charge on any atom is 0.250 e. The molecule has 0 bridgehead atoms. The number of aryl methyl sites for hydroxylation is 1. The number of methoxy groups -OCH3 is 1. The summed E-state index contributed by atoms with van der Waals surface area (Å²) in [5.74, 6) is 1.78. The van der Waals surface area contributed by atoms with Crippen LogP contribution in [0.2, 0.25) is 0 Å². The van der Waals surface area contributed by atoms with Crippen molar-refractivity contribution in [1.82, 2.24) is 15.0 Å². The van der Waals surface area contributed by atoms with Crippen molar-refractivity contribution in [1.29, 1.82) is 0 Å². The lowest BCUT2D eigenvalue weighted by Crippen LogP contribution is -2.19. The van der Waals surface area contributed by atoms with Crippen molar-refractivity contribution in [3.63, 3.8) is 0 Å². The number of amides is 1. The molecule has 2 aromatic heterocycles. The summed E-state index contributed by atoms with van der Waals surface area (Å²) in [6.45, 7) is 4.02. The molecule has 0 saturated carbocycles. The number of nitrogens with one attached hydrogen (secondary N) is 1. The highest BCUT2D eigenvalue weighted by Crippen LogP contribution is 2.21. The largest absolute Gasteiger partial charge is 0.497 e. The monoisotopic (exact) mass is 394 g/mol. The molecule has 0 atom stereocenters. The third-order valence-corrected chi connectivity index (χ3v) is 5.18. The number of carbonyl (C=O) groups excluding carboxylic acids is 1. The van der Waals surface area contributed by atoms with E-state index in [0.717, 1.165) is 33.4 Å². The van der Waals surface area contributed by atoms with Crippen LogP contribution in [0.5, 0.6) is 5.75 Å². The number of hydrazone groups is 1. The molecular formula is C21H22N4O2S. The summed E-state index contributed by atoms with van der Waals surface area (Å²) in [4.78, 5) is 17.4. The van der Waals surface area contributed by atoms with E-state index in [4.69, 9.17) is 4.74 Å². The van der Waals surface area contributed by atoms with Crippen molar-refractivity contribution in [2.75, 3.05) is 12.9 Å². The lowest BCUT2D eigenvalue weighted by molar-refractivity contribution is -0.118. The zero-order chi connectivity index (χ0) is 19.9. The lowest BCUT2D eigenvalue weighted by Gasteiger charge is -2.07. The maximum absolute atomic E-state index is 12.0. The Morgan fingerprint density at radius 3 is 2.71 bits per heavy atom. The van der Waals surface area contributed by atoms with Gasteiger partial charge in [0, 0.05) is 28.0 Å². The fourth-order valence-corrected chi connectivity index (χ4v) is 3.47. The standard InChI is InChI=1S/C21H22N4O2S/c1-15-12-17(16(2)25(15)20-6-4-5-11-22-20)13-23-24-21(26)14-28-19-9-7-18(27-3)8-10-19/h4-13H,14H2,1-3H3,(H,24,26)/b23-13+. The van der Waals surface area contributed by atoms with E-state index in [1.54, 1.807) is 19.5 Å². The van der Waals surface area contributed by atoms with Gasteiger partial charge in [-0.15, -0.1) is 11.8 Å². The van der Waals surface area contributed by atoms with Crippen LogP contribution in [0.25, 0.3) is 5.82 Å². The Balaban J connectivity index is 1.57. The topological polar surface area (TPSA) is 68.5 Å². The molecule has 3 aromatic rings. The molecule has 28 heavy (non-hydrogen) atoms. The molecule has 1 N–H and O–H groups in total. The molecule has 0 radical (unpaired) electrons. The van der Waals surface area contributed by atoms with Gasteiger partial charge in [-0.25, -0.2) is 10.4 Å². The van der Waals surface area contributed by atoms with Gasteiger partial charge in [-0.3, -0.25) is 4.79 Å². The minimum Gasteiger partial charge on any atom is -0.497 e. The first kappa shape index (κ1) is 19.7. The highest BCUT2D eigenvalue weighted by atomic mass is 32.2. The van der Waals surface area contributed by atoms with Gasteiger partial charge in [0.1, 0.15) is 11.6 Å². The second-order valence-corrected chi connectivity index (χ2v) is 7.16. The summed E-state index contributed by atoms with van der Waals surface area (Å²) < 4.78 is 7.18. The quantitative estimate of drug-likeness (QED) is 0.377. The number of pyridine rings is 1. The van der Waals surface area contributed by atoms with E-state index in [9.17, 15) is 4.79 Å². The fraction of sp³-hybridized carbons (Fsp3) is 0.190. The number of rotatable bonds is 7. The second kappa shape index (κ2) is 9.23. The Morgan fingerprint density at radius 2 is 2.04 bits per heavy atom. The van der Waals surface area contributed by atoms with Gasteiger partial charge >= 0.3 is 0 Å². The second-order valence-electron chi connectivity index (χ2n) is 6.11. The van der Waals surface area contributed by atoms with Crippen LogP contribution in [-0.2, 0) is 4.79 Å². The minimum absolute atomic E-state index is 0.157. The summed E-state index contributed by atoms with van der Waals surface area (Å²) in [6.07, 6.45) is 3.43. The molecule has 144 valence electrons. The van der Waals surface area contributed by atoms with Crippen LogP contribution in [0.3, 0.4) is 0 Å². The van der Waals surface area contributed by atoms with E-state index in [1.807, 2.05) is 62.4 Å². The predicted molar refractivity (Wildman–Crippen MR) is 112 cm³/mol. The molecule has 0 aliphatic rings. The first-order valence-electron chi connectivity index (χ1n) is 8.77. The van der Waals surface area contributed by atoms with E-state index in [2.05, 4.69) is 20.1 Å². The molecule has 7 heteroatoms. The third kappa shape index (κ3) is 4.80. The van der Waals surface area contributed by atoms with Gasteiger partial charge in [-0.2, -0.15) is 5.10 Å². The van der Waals surface area contributed by atoms with E-state index >= 15 is 0 Å². The third-order valence-electron chi connectivity index (χ3n) is 4.17. The van der Waals surface area contributed by atoms with Gasteiger partial charge in [-0.05, 0) is 56.3 Å². The van der Waals surface area contributed by atoms with Crippen molar-refractivity contribution in [3.05, 3.63) is 71.7 Å². The van der Waals surface area contributed by atoms with Gasteiger partial charge in [-0.1, -0.05) is 6.07 Å². The van der Waals surface area contributed by atoms with Crippen LogP contribution < -0.4 is 10.2 Å². The number of benzene rings is 1. The summed E-state index contributed by atoms with van der Waals surface area (Å²) in [5, 5.41) is 4.10. The first-order valence-corrected chi connectivity index (χ1v) is 9.76. The molecule has 3 rings (SSSR count). The van der Waals surface area contributed by atoms with Gasteiger partial charge in [0.25, 0.3) is 0 Å². The number of aromatic nitrogens is 2. The number of ether oxygens (including phenoxy) is 1. The Morgan fingerprint density at radius 1 is 1.25 bits per heavy atom. The predicted octanol–water partition coefficient (Wildman–Crippen LogP) is 3.74. The average molecular weight is 395 g/mol. The van der Waals surface area contributed by atoms with Crippen LogP contribution in [0, 0.1) is 13.8 Å². The SMILES string of the molecule is COc1ccc(SCC(=O)N/N=C/c2cc(C)n(-c3ccccn3)c2C)cc1. The molecular weight excluding hydrogens is 372 g/mol. The number of thioether (sulfide) groups is 1. The fourth-order valence-electron chi connectivity index (χ4n) is 2.78. The summed E-state index contributed by atoms with van der Waals surface area (Å²) >= 11 is 1.45. The molecule has 1 amide bonds. The minimum atomic E-state index is -0.157. The molecule has 0 unspecified atom stereocenters. The zero-order valence-electron chi connectivity index (χ0n) is 16.0. The Labute approximate surface area is 168 Å². The molecule has 2 heterocycles. The van der Waals surface area contributed by atoms with Gasteiger partial charge in [0.15, 0.2) is 0 Å². The summed E-state index contributed by atoms with van der Waals surface area (Å²) in [7, 11) is 1.63. The first-order chi connectivity index (χ1) is 13.6. The van der Waals surface area contributed by atoms with Crippen molar-refractivity contribution in [2.24, 2.45) is 5.10 Å². The molecule has 0 saturated heterocycles. The molecule has 1 aromatic carbocycles. The molecule has 0 fully saturated rings. The Hall–Kier alpha value is -3.06. The van der Waals surface area contributed by atoms with Gasteiger partial charge < -0.3 is 9.30 Å². The van der Waals surface area contributed by atoms with Gasteiger partial charge in [0.2, 0.25) is 5.91 Å². The highest BCUT2D eigenvalue weighted by molar-refractivity contribution is 8.00. The normalized spacial score (nSPS) is 11.0. The zero-order valence-corrected chi connectivity index (χ0v) is 16.9. The van der Waals surface area contributed by atoms with Crippen LogP contribution in [0.4, 0.5) is 0 Å². The van der Waals surface area contributed by atoms with Crippen molar-refractivity contribution in [2.45, 2.75) is 18.7 Å². The van der Waals surface area contributed by atoms with E-state index < -0.39 is 0 Å². The Bertz CT molecular complexity index is 966. The summed E-state index contributed by atoms with van der Waals surface area (Å²) in [6, 6.07) is 15.4. The molecule has 6 nitrogen and oxygen atoms in total. The molecule has 0 aliphatic carbocycles. The molecule has 0 spiro atoms. The number of nitrogens with zero attached hydrogens (tertiary/aromatic N) is 3. The lowest BCUT2D eigenvalue weighted by atomic mass is 10.3. The van der Waals surface area contributed by atoms with Crippen molar-refractivity contribution in [3.8, 4) is 11.6 Å². The van der Waals surface area contributed by atoms with E-state index in [0.29, 0.717) is 0 Å². The van der Waals surface area contributed by atoms with E-state index in [1.165, 1.54) is 11.8 Å². The smallest absolute Gasteiger partial charge is 0.250 e. The van der Waals surface area contributed by atoms with Crippen molar-refractivity contribution >= 4 is 23.9 Å². The van der Waals surface area contributed by atoms with Crippen LogP contribution >= 0.6 is 11.8 Å². The van der Waals surface area contributed by atoms with Crippen molar-refractivity contribution < 1.29 is 9.53 Å². The van der Waals surface area contributed by atoms with Gasteiger partial charge in [0.05, 0.1) is 19.1 Å². The number of hydrogen-bond donors (Lipinski definition) is 1. The number of carbonyl (C=O) groups is 1. The highest BCUT2D eigenvalue weighted by Gasteiger charge is 2.10.